The normalized spacial score (nSPS) is 20.0. The molecule has 1 unspecified atom stereocenters. The van der Waals surface area contributed by atoms with Crippen molar-refractivity contribution in [2.45, 2.75) is 11.7 Å². The van der Waals surface area contributed by atoms with Crippen molar-refractivity contribution in [3.63, 3.8) is 0 Å². The first-order chi connectivity index (χ1) is 12.5. The van der Waals surface area contributed by atoms with E-state index in [-0.39, 0.29) is 18.2 Å². The second-order valence-corrected chi connectivity index (χ2v) is 9.49. The fourth-order valence-electron chi connectivity index (χ4n) is 3.22. The summed E-state index contributed by atoms with van der Waals surface area (Å²) in [6.45, 7) is 0.626. The third-order valence-electron chi connectivity index (χ3n) is 4.60. The third kappa shape index (κ3) is 3.22. The van der Waals surface area contributed by atoms with Crippen LogP contribution in [0.4, 0.5) is 0 Å². The number of nitrogens with zero attached hydrogens (tertiary/aromatic N) is 3. The molecular formula is C18H17N3O3S2. The summed E-state index contributed by atoms with van der Waals surface area (Å²) in [6.07, 6.45) is 3.61. The van der Waals surface area contributed by atoms with E-state index in [1.54, 1.807) is 35.5 Å². The molecule has 1 amide bonds. The van der Waals surface area contributed by atoms with Gasteiger partial charge in [-0.25, -0.2) is 8.42 Å². The van der Waals surface area contributed by atoms with Crippen molar-refractivity contribution in [3.8, 4) is 0 Å². The number of sulfone groups is 1. The molecule has 0 radical (unpaired) electrons. The molecule has 134 valence electrons. The number of carbonyl (C=O) groups excluding carboxylic acids is 1. The van der Waals surface area contributed by atoms with E-state index < -0.39 is 15.1 Å². The molecule has 26 heavy (non-hydrogen) atoms. The Labute approximate surface area is 155 Å². The van der Waals surface area contributed by atoms with E-state index in [9.17, 15) is 13.2 Å². The van der Waals surface area contributed by atoms with Gasteiger partial charge in [-0.05, 0) is 36.1 Å². The van der Waals surface area contributed by atoms with E-state index in [0.29, 0.717) is 24.0 Å². The van der Waals surface area contributed by atoms with Crippen LogP contribution >= 0.6 is 11.3 Å². The van der Waals surface area contributed by atoms with Crippen LogP contribution in [-0.2, 0) is 9.84 Å². The molecule has 0 N–H and O–H groups in total. The van der Waals surface area contributed by atoms with Crippen LogP contribution in [0.5, 0.6) is 0 Å². The molecule has 8 heteroatoms. The molecule has 1 aliphatic heterocycles. The van der Waals surface area contributed by atoms with Gasteiger partial charge in [0.05, 0.1) is 22.0 Å². The summed E-state index contributed by atoms with van der Waals surface area (Å²) in [4.78, 5) is 23.8. The van der Waals surface area contributed by atoms with Gasteiger partial charge in [0.15, 0.2) is 9.84 Å². The summed E-state index contributed by atoms with van der Waals surface area (Å²) in [7, 11) is -3.27. The van der Waals surface area contributed by atoms with Crippen molar-refractivity contribution >= 4 is 38.1 Å². The van der Waals surface area contributed by atoms with Gasteiger partial charge in [-0.1, -0.05) is 6.07 Å². The van der Waals surface area contributed by atoms with Crippen LogP contribution in [0.25, 0.3) is 11.0 Å². The maximum atomic E-state index is 12.9. The van der Waals surface area contributed by atoms with Gasteiger partial charge < -0.3 is 4.90 Å². The molecule has 1 saturated heterocycles. The van der Waals surface area contributed by atoms with Crippen LogP contribution in [0, 0.1) is 0 Å². The summed E-state index contributed by atoms with van der Waals surface area (Å²) in [5, 5.41) is 1.36. The summed E-state index contributed by atoms with van der Waals surface area (Å²) < 4.78 is 25.3. The lowest BCUT2D eigenvalue weighted by molar-refractivity contribution is 0.0767. The highest BCUT2D eigenvalue weighted by molar-refractivity contribution is 7.91. The Morgan fingerprint density at radius 1 is 1.12 bits per heavy atom. The molecule has 0 saturated carbocycles. The van der Waals surface area contributed by atoms with Crippen molar-refractivity contribution in [2.75, 3.05) is 18.8 Å². The van der Waals surface area contributed by atoms with E-state index >= 15 is 0 Å². The number of aromatic nitrogens is 2. The molecule has 0 spiro atoms. The molecule has 0 bridgehead atoms. The minimum Gasteiger partial charge on any atom is -0.338 e. The Hall–Kier alpha value is -2.32. The van der Waals surface area contributed by atoms with Crippen LogP contribution in [-0.4, -0.2) is 48.0 Å². The number of carbonyl (C=O) groups is 1. The lowest BCUT2D eigenvalue weighted by Gasteiger charge is -2.20. The van der Waals surface area contributed by atoms with Gasteiger partial charge in [-0.15, -0.1) is 11.3 Å². The number of benzene rings is 1. The van der Waals surface area contributed by atoms with Crippen molar-refractivity contribution in [1.82, 2.24) is 14.9 Å². The highest BCUT2D eigenvalue weighted by atomic mass is 32.2. The fourth-order valence-corrected chi connectivity index (χ4v) is 6.22. The molecule has 4 rings (SSSR count). The monoisotopic (exact) mass is 387 g/mol. The number of hydrogen-bond donors (Lipinski definition) is 0. The first-order valence-electron chi connectivity index (χ1n) is 8.29. The van der Waals surface area contributed by atoms with Gasteiger partial charge in [0.2, 0.25) is 0 Å². The van der Waals surface area contributed by atoms with Gasteiger partial charge in [0.1, 0.15) is 0 Å². The van der Waals surface area contributed by atoms with Crippen LogP contribution in [0.2, 0.25) is 0 Å². The summed E-state index contributed by atoms with van der Waals surface area (Å²) in [5.41, 5.74) is 1.88. The lowest BCUT2D eigenvalue weighted by atomic mass is 10.1. The summed E-state index contributed by atoms with van der Waals surface area (Å²) in [5.74, 6) is -0.186. The molecule has 1 atom stereocenters. The maximum absolute atomic E-state index is 12.9. The Kier molecular flexibility index (Phi) is 4.46. The van der Waals surface area contributed by atoms with Gasteiger partial charge in [0.25, 0.3) is 5.91 Å². The topological polar surface area (TPSA) is 80.2 Å². The molecule has 6 nitrogen and oxygen atoms in total. The highest BCUT2D eigenvalue weighted by Crippen LogP contribution is 2.32. The zero-order valence-electron chi connectivity index (χ0n) is 13.9. The number of hydrogen-bond acceptors (Lipinski definition) is 6. The van der Waals surface area contributed by atoms with Gasteiger partial charge in [-0.2, -0.15) is 0 Å². The van der Waals surface area contributed by atoms with E-state index in [1.165, 1.54) is 11.3 Å². The van der Waals surface area contributed by atoms with Gasteiger partial charge in [-0.3, -0.25) is 14.8 Å². The van der Waals surface area contributed by atoms with Crippen molar-refractivity contribution in [1.29, 1.82) is 0 Å². The van der Waals surface area contributed by atoms with E-state index in [4.69, 9.17) is 0 Å². The largest absolute Gasteiger partial charge is 0.338 e. The third-order valence-corrected chi connectivity index (χ3v) is 7.85. The first-order valence-corrected chi connectivity index (χ1v) is 10.9. The molecule has 1 aromatic carbocycles. The van der Waals surface area contributed by atoms with Crippen molar-refractivity contribution in [3.05, 3.63) is 58.5 Å². The second-order valence-electron chi connectivity index (χ2n) is 6.21. The Balaban J connectivity index is 1.59. The summed E-state index contributed by atoms with van der Waals surface area (Å²) in [6, 6.07) is 8.90. The minimum absolute atomic E-state index is 0.0192. The molecule has 0 aliphatic carbocycles. The number of amides is 1. The predicted molar refractivity (Wildman–Crippen MR) is 101 cm³/mol. The average Bonchev–Trinajstić information content (AvgIpc) is 3.12. The van der Waals surface area contributed by atoms with Crippen LogP contribution in [0.15, 0.2) is 48.1 Å². The smallest absolute Gasteiger partial charge is 0.253 e. The zero-order chi connectivity index (χ0) is 18.1. The van der Waals surface area contributed by atoms with Gasteiger partial charge >= 0.3 is 0 Å². The molecular weight excluding hydrogens is 370 g/mol. The number of fused-ring (bicyclic) bond motifs is 1. The molecule has 3 aromatic rings. The highest BCUT2D eigenvalue weighted by Gasteiger charge is 2.33. The number of thiophene rings is 1. The van der Waals surface area contributed by atoms with Crippen LogP contribution in [0.3, 0.4) is 0 Å². The Bertz CT molecular complexity index is 1050. The lowest BCUT2D eigenvalue weighted by Crippen LogP contribution is -2.33. The molecule has 1 aliphatic rings. The average molecular weight is 387 g/mol. The molecule has 2 aromatic heterocycles. The first kappa shape index (κ1) is 17.1. The quantitative estimate of drug-likeness (QED) is 0.675. The van der Waals surface area contributed by atoms with Gasteiger partial charge in [0, 0.05) is 35.9 Å². The number of rotatable bonds is 2. The minimum atomic E-state index is -3.27. The predicted octanol–water partition coefficient (Wildman–Crippen LogP) is 2.69. The van der Waals surface area contributed by atoms with Crippen molar-refractivity contribution < 1.29 is 13.2 Å². The van der Waals surface area contributed by atoms with Crippen LogP contribution in [0.1, 0.15) is 26.9 Å². The standard InChI is InChI=1S/C18H17N3O3S2/c22-18(13-3-4-14-15(12-13)20-7-6-19-14)21-8-5-17(16-2-1-10-25-16)26(23,24)11-9-21/h1-4,6-7,10,12,17H,5,8-9,11H2. The SMILES string of the molecule is O=C(c1ccc2nccnc2c1)N1CCC(c2cccs2)S(=O)(=O)CC1. The Morgan fingerprint density at radius 2 is 1.92 bits per heavy atom. The molecule has 1 fully saturated rings. The zero-order valence-corrected chi connectivity index (χ0v) is 15.5. The summed E-state index contributed by atoms with van der Waals surface area (Å²) >= 11 is 1.45. The fraction of sp³-hybridized carbons (Fsp3) is 0.278. The van der Waals surface area contributed by atoms with E-state index in [0.717, 1.165) is 10.4 Å². The molecule has 3 heterocycles. The van der Waals surface area contributed by atoms with E-state index in [1.807, 2.05) is 17.5 Å². The maximum Gasteiger partial charge on any atom is 0.253 e. The van der Waals surface area contributed by atoms with Crippen molar-refractivity contribution in [2.24, 2.45) is 0 Å². The van der Waals surface area contributed by atoms with E-state index in [2.05, 4.69) is 9.97 Å². The van der Waals surface area contributed by atoms with Crippen LogP contribution < -0.4 is 0 Å². The Morgan fingerprint density at radius 3 is 2.69 bits per heavy atom. The second kappa shape index (κ2) is 6.77.